The first kappa shape index (κ1) is 17.2. The van der Waals surface area contributed by atoms with Gasteiger partial charge in [-0.1, -0.05) is 6.07 Å². The van der Waals surface area contributed by atoms with Crippen LogP contribution in [0.15, 0.2) is 18.3 Å². The summed E-state index contributed by atoms with van der Waals surface area (Å²) in [4.78, 5) is 29.6. The maximum atomic E-state index is 11.8. The second-order valence-electron chi connectivity index (χ2n) is 6.83. The van der Waals surface area contributed by atoms with Crippen molar-refractivity contribution in [2.45, 2.75) is 58.6 Å². The quantitative estimate of drug-likeness (QED) is 0.905. The molecule has 0 aliphatic carbocycles. The zero-order valence-corrected chi connectivity index (χ0v) is 14.3. The number of rotatable bonds is 2. The number of hydrogen-bond donors (Lipinski definition) is 1. The topological polar surface area (TPSA) is 71.5 Å². The van der Waals surface area contributed by atoms with E-state index in [-0.39, 0.29) is 11.9 Å². The van der Waals surface area contributed by atoms with E-state index in [1.807, 2.05) is 31.7 Å². The Kier molecular flexibility index (Phi) is 5.23. The molecular weight excluding hydrogens is 294 g/mol. The third-order valence-electron chi connectivity index (χ3n) is 3.71. The van der Waals surface area contributed by atoms with Gasteiger partial charge in [-0.15, -0.1) is 0 Å². The molecule has 1 aliphatic heterocycles. The minimum atomic E-state index is -0.548. The Hall–Kier alpha value is -2.11. The van der Waals surface area contributed by atoms with Crippen molar-refractivity contribution in [1.29, 1.82) is 0 Å². The van der Waals surface area contributed by atoms with Gasteiger partial charge in [0, 0.05) is 19.7 Å². The van der Waals surface area contributed by atoms with E-state index in [0.717, 1.165) is 31.4 Å². The molecule has 2 rings (SSSR count). The van der Waals surface area contributed by atoms with Gasteiger partial charge in [0.15, 0.2) is 0 Å². The number of hydrogen-bond acceptors (Lipinski definition) is 4. The van der Waals surface area contributed by atoms with Gasteiger partial charge in [0.1, 0.15) is 11.4 Å². The van der Waals surface area contributed by atoms with E-state index in [1.165, 1.54) is 0 Å². The van der Waals surface area contributed by atoms with Crippen molar-refractivity contribution in [3.8, 4) is 0 Å². The predicted octanol–water partition coefficient (Wildman–Crippen LogP) is 3.50. The van der Waals surface area contributed by atoms with E-state index < -0.39 is 11.7 Å². The smallest absolute Gasteiger partial charge is 0.413 e. The van der Waals surface area contributed by atoms with Crippen molar-refractivity contribution >= 4 is 17.8 Å². The Labute approximate surface area is 137 Å². The van der Waals surface area contributed by atoms with E-state index in [1.54, 1.807) is 19.2 Å². The van der Waals surface area contributed by atoms with Crippen LogP contribution in [-0.4, -0.2) is 34.0 Å². The molecule has 1 aliphatic rings. The number of pyridine rings is 1. The normalized spacial score (nSPS) is 18.4. The van der Waals surface area contributed by atoms with Gasteiger partial charge in [0.25, 0.3) is 0 Å². The first-order valence-electron chi connectivity index (χ1n) is 7.99. The van der Waals surface area contributed by atoms with Crippen molar-refractivity contribution in [3.63, 3.8) is 0 Å². The van der Waals surface area contributed by atoms with Crippen LogP contribution in [0.2, 0.25) is 0 Å². The maximum Gasteiger partial charge on any atom is 0.413 e. The van der Waals surface area contributed by atoms with E-state index >= 15 is 0 Å². The number of aromatic nitrogens is 1. The molecule has 126 valence electrons. The predicted molar refractivity (Wildman–Crippen MR) is 88.1 cm³/mol. The lowest BCUT2D eigenvalue weighted by Gasteiger charge is -2.35. The van der Waals surface area contributed by atoms with Gasteiger partial charge in [-0.25, -0.2) is 9.78 Å². The lowest BCUT2D eigenvalue weighted by molar-refractivity contribution is -0.132. The van der Waals surface area contributed by atoms with Crippen LogP contribution in [0, 0.1) is 0 Å². The van der Waals surface area contributed by atoms with Crippen molar-refractivity contribution < 1.29 is 14.3 Å². The van der Waals surface area contributed by atoms with Crippen LogP contribution in [-0.2, 0) is 9.53 Å². The highest BCUT2D eigenvalue weighted by Crippen LogP contribution is 2.30. The largest absolute Gasteiger partial charge is 0.444 e. The first-order valence-corrected chi connectivity index (χ1v) is 7.99. The summed E-state index contributed by atoms with van der Waals surface area (Å²) in [5, 5.41) is 2.61. The molecule has 1 saturated heterocycles. The van der Waals surface area contributed by atoms with Crippen molar-refractivity contribution in [2.24, 2.45) is 0 Å². The molecule has 1 fully saturated rings. The molecule has 0 bridgehead atoms. The van der Waals surface area contributed by atoms with Crippen LogP contribution < -0.4 is 5.32 Å². The number of likely N-dealkylation sites (tertiary alicyclic amines) is 1. The molecule has 2 amide bonds. The van der Waals surface area contributed by atoms with Gasteiger partial charge in [0.2, 0.25) is 5.91 Å². The average molecular weight is 319 g/mol. The van der Waals surface area contributed by atoms with Crippen LogP contribution in [0.5, 0.6) is 0 Å². The molecule has 6 heteroatoms. The molecule has 6 nitrogen and oxygen atoms in total. The summed E-state index contributed by atoms with van der Waals surface area (Å²) in [6.07, 6.45) is 4.29. The van der Waals surface area contributed by atoms with E-state index in [0.29, 0.717) is 5.82 Å². The summed E-state index contributed by atoms with van der Waals surface area (Å²) in [5.41, 5.74) is 0.448. The second-order valence-corrected chi connectivity index (χ2v) is 6.83. The number of nitrogens with zero attached hydrogens (tertiary/aromatic N) is 2. The zero-order valence-electron chi connectivity index (χ0n) is 14.3. The minimum absolute atomic E-state index is 0.0735. The fourth-order valence-electron chi connectivity index (χ4n) is 2.74. The minimum Gasteiger partial charge on any atom is -0.444 e. The molecule has 1 atom stereocenters. The number of piperidine rings is 1. The van der Waals surface area contributed by atoms with Crippen LogP contribution in [0.4, 0.5) is 10.6 Å². The number of carbonyl (C=O) groups excluding carboxylic acids is 2. The number of nitrogens with one attached hydrogen (secondary N) is 1. The number of ether oxygens (including phenoxy) is 1. The molecule has 0 radical (unpaired) electrons. The third-order valence-corrected chi connectivity index (χ3v) is 3.71. The SMILES string of the molecule is CC(=O)N1CCCCC1c1ccc(NC(=O)OC(C)(C)C)nc1. The van der Waals surface area contributed by atoms with Gasteiger partial charge in [-0.3, -0.25) is 10.1 Å². The van der Waals surface area contributed by atoms with Crippen LogP contribution >= 0.6 is 0 Å². The Balaban J connectivity index is 2.04. The Morgan fingerprint density at radius 3 is 2.61 bits per heavy atom. The van der Waals surface area contributed by atoms with Crippen molar-refractivity contribution in [1.82, 2.24) is 9.88 Å². The fourth-order valence-corrected chi connectivity index (χ4v) is 2.74. The van der Waals surface area contributed by atoms with Gasteiger partial charge >= 0.3 is 6.09 Å². The van der Waals surface area contributed by atoms with Gasteiger partial charge in [0.05, 0.1) is 6.04 Å². The van der Waals surface area contributed by atoms with Gasteiger partial charge in [-0.05, 0) is 51.7 Å². The molecule has 1 unspecified atom stereocenters. The molecule has 0 spiro atoms. The summed E-state index contributed by atoms with van der Waals surface area (Å²) in [6, 6.07) is 3.72. The van der Waals surface area contributed by atoms with Gasteiger partial charge in [-0.2, -0.15) is 0 Å². The highest BCUT2D eigenvalue weighted by Gasteiger charge is 2.26. The fraction of sp³-hybridized carbons (Fsp3) is 0.588. The second kappa shape index (κ2) is 6.98. The molecule has 0 aromatic carbocycles. The average Bonchev–Trinajstić information content (AvgIpc) is 2.46. The molecule has 23 heavy (non-hydrogen) atoms. The van der Waals surface area contributed by atoms with Crippen molar-refractivity contribution in [2.75, 3.05) is 11.9 Å². The first-order chi connectivity index (χ1) is 10.8. The summed E-state index contributed by atoms with van der Waals surface area (Å²) in [5.74, 6) is 0.527. The number of carbonyl (C=O) groups is 2. The summed E-state index contributed by atoms with van der Waals surface area (Å²) in [6.45, 7) is 7.82. The summed E-state index contributed by atoms with van der Waals surface area (Å²) in [7, 11) is 0. The van der Waals surface area contributed by atoms with Crippen LogP contribution in [0.3, 0.4) is 0 Å². The molecule has 0 saturated carbocycles. The third kappa shape index (κ3) is 4.94. The van der Waals surface area contributed by atoms with Crippen LogP contribution in [0.1, 0.15) is 58.6 Å². The van der Waals surface area contributed by atoms with E-state index in [2.05, 4.69) is 10.3 Å². The lowest BCUT2D eigenvalue weighted by atomic mass is 9.96. The highest BCUT2D eigenvalue weighted by atomic mass is 16.6. The van der Waals surface area contributed by atoms with E-state index in [9.17, 15) is 9.59 Å². The monoisotopic (exact) mass is 319 g/mol. The summed E-state index contributed by atoms with van der Waals surface area (Å²) < 4.78 is 5.19. The lowest BCUT2D eigenvalue weighted by Crippen LogP contribution is -2.37. The molecule has 1 aromatic rings. The van der Waals surface area contributed by atoms with E-state index in [4.69, 9.17) is 4.74 Å². The maximum absolute atomic E-state index is 11.8. The van der Waals surface area contributed by atoms with Crippen molar-refractivity contribution in [3.05, 3.63) is 23.9 Å². The number of anilines is 1. The molecule has 1 aromatic heterocycles. The zero-order chi connectivity index (χ0) is 17.0. The molecule has 2 heterocycles. The van der Waals surface area contributed by atoms with Crippen LogP contribution in [0.25, 0.3) is 0 Å². The van der Waals surface area contributed by atoms with Gasteiger partial charge < -0.3 is 9.64 Å². The Morgan fingerprint density at radius 2 is 2.04 bits per heavy atom. The highest BCUT2D eigenvalue weighted by molar-refractivity contribution is 5.83. The molecular formula is C17H25N3O3. The Morgan fingerprint density at radius 1 is 1.30 bits per heavy atom. The molecule has 1 N–H and O–H groups in total. The Bertz CT molecular complexity index is 563. The summed E-state index contributed by atoms with van der Waals surface area (Å²) >= 11 is 0. The standard InChI is InChI=1S/C17H25N3O3/c1-12(21)20-10-6-5-7-14(20)13-8-9-15(18-11-13)19-16(22)23-17(2,3)4/h8-9,11,14H,5-7,10H2,1-4H3,(H,18,19,22). The number of amides is 2.